The summed E-state index contributed by atoms with van der Waals surface area (Å²) in [6.45, 7) is 5.73. The zero-order chi connectivity index (χ0) is 23.4. The van der Waals surface area contributed by atoms with Gasteiger partial charge in [0, 0.05) is 31.7 Å². The van der Waals surface area contributed by atoms with Crippen LogP contribution in [0.3, 0.4) is 0 Å². The predicted octanol–water partition coefficient (Wildman–Crippen LogP) is 2.69. The highest BCUT2D eigenvalue weighted by molar-refractivity contribution is 7.89. The van der Waals surface area contributed by atoms with E-state index in [1.54, 1.807) is 16.8 Å². The van der Waals surface area contributed by atoms with Crippen molar-refractivity contribution in [2.24, 2.45) is 7.05 Å². The maximum absolute atomic E-state index is 13.0. The molecule has 2 heterocycles. The Bertz CT molecular complexity index is 1000. The van der Waals surface area contributed by atoms with Crippen LogP contribution < -0.4 is 0 Å². The van der Waals surface area contributed by atoms with Gasteiger partial charge in [-0.05, 0) is 26.0 Å². The molecular weight excluding hydrogens is 439 g/mol. The van der Waals surface area contributed by atoms with Gasteiger partial charge >= 0.3 is 12.1 Å². The number of halogens is 3. The summed E-state index contributed by atoms with van der Waals surface area (Å²) in [6.07, 6.45) is -3.26. The normalized spacial score (nSPS) is 16.9. The van der Waals surface area contributed by atoms with Crippen molar-refractivity contribution in [1.29, 1.82) is 0 Å². The first-order chi connectivity index (χ1) is 14.4. The van der Waals surface area contributed by atoms with Gasteiger partial charge in [-0.25, -0.2) is 13.2 Å². The molecular formula is C19H24F3N3O5S. The van der Waals surface area contributed by atoms with Crippen LogP contribution in [0.4, 0.5) is 13.2 Å². The van der Waals surface area contributed by atoms with Crippen LogP contribution in [0.1, 0.15) is 29.7 Å². The van der Waals surface area contributed by atoms with Gasteiger partial charge < -0.3 is 9.84 Å². The lowest BCUT2D eigenvalue weighted by Crippen LogP contribution is -2.40. The van der Waals surface area contributed by atoms with Gasteiger partial charge in [0.15, 0.2) is 0 Å². The Balaban J connectivity index is 0.000000423. The summed E-state index contributed by atoms with van der Waals surface area (Å²) >= 11 is 0. The molecule has 3 rings (SSSR count). The summed E-state index contributed by atoms with van der Waals surface area (Å²) in [6, 6.07) is 6.98. The number of carboxylic acid groups (broad SMARTS) is 1. The van der Waals surface area contributed by atoms with Crippen LogP contribution in [0.15, 0.2) is 35.4 Å². The van der Waals surface area contributed by atoms with Gasteiger partial charge in [-0.2, -0.15) is 22.6 Å². The summed E-state index contributed by atoms with van der Waals surface area (Å²) in [4.78, 5) is 9.22. The van der Waals surface area contributed by atoms with Gasteiger partial charge in [0.05, 0.1) is 29.9 Å². The molecule has 12 heteroatoms. The van der Waals surface area contributed by atoms with Crippen molar-refractivity contribution in [1.82, 2.24) is 14.1 Å². The van der Waals surface area contributed by atoms with Crippen LogP contribution in [0.2, 0.25) is 0 Å². The first-order valence-electron chi connectivity index (χ1n) is 9.33. The zero-order valence-electron chi connectivity index (χ0n) is 17.3. The number of carbonyl (C=O) groups is 1. The number of fused-ring (bicyclic) bond motifs is 1. The molecule has 0 bridgehead atoms. The van der Waals surface area contributed by atoms with E-state index >= 15 is 0 Å². The minimum Gasteiger partial charge on any atom is -0.475 e. The number of carboxylic acids is 1. The monoisotopic (exact) mass is 463 g/mol. The van der Waals surface area contributed by atoms with Crippen molar-refractivity contribution >= 4 is 16.0 Å². The highest BCUT2D eigenvalue weighted by Crippen LogP contribution is 2.31. The number of alkyl halides is 3. The van der Waals surface area contributed by atoms with E-state index in [2.05, 4.69) is 5.10 Å². The number of aryl methyl sites for hydroxylation is 2. The Labute approximate surface area is 178 Å². The number of hydrogen-bond acceptors (Lipinski definition) is 5. The third-order valence-electron chi connectivity index (χ3n) is 4.71. The molecule has 0 fully saturated rings. The molecule has 1 aromatic carbocycles. The molecule has 31 heavy (non-hydrogen) atoms. The van der Waals surface area contributed by atoms with Crippen molar-refractivity contribution in [2.45, 2.75) is 37.4 Å². The van der Waals surface area contributed by atoms with E-state index in [0.29, 0.717) is 31.2 Å². The molecule has 1 aromatic heterocycles. The molecule has 0 saturated heterocycles. The molecule has 0 amide bonds. The number of aromatic nitrogens is 2. The second kappa shape index (κ2) is 9.79. The van der Waals surface area contributed by atoms with Crippen molar-refractivity contribution < 1.29 is 36.2 Å². The van der Waals surface area contributed by atoms with E-state index in [4.69, 9.17) is 14.6 Å². The quantitative estimate of drug-likeness (QED) is 0.732. The SMILES string of the molecule is CCOCC1CN(S(=O)(=O)c2ccc(C)cc2)Cc2c1cnn2C.O=C(O)C(F)(F)F. The average Bonchev–Trinajstić information content (AvgIpc) is 3.07. The van der Waals surface area contributed by atoms with Crippen LogP contribution in [-0.2, 0) is 33.1 Å². The van der Waals surface area contributed by atoms with Gasteiger partial charge in [0.25, 0.3) is 0 Å². The van der Waals surface area contributed by atoms with Crippen molar-refractivity contribution in [3.05, 3.63) is 47.3 Å². The Morgan fingerprint density at radius 3 is 2.39 bits per heavy atom. The van der Waals surface area contributed by atoms with Gasteiger partial charge in [-0.3, -0.25) is 4.68 Å². The molecule has 1 aliphatic rings. The highest BCUT2D eigenvalue weighted by Gasteiger charge is 2.38. The number of benzene rings is 1. The molecule has 8 nitrogen and oxygen atoms in total. The summed E-state index contributed by atoms with van der Waals surface area (Å²) in [7, 11) is -1.69. The fourth-order valence-electron chi connectivity index (χ4n) is 3.04. The van der Waals surface area contributed by atoms with E-state index < -0.39 is 22.2 Å². The first-order valence-corrected chi connectivity index (χ1v) is 10.8. The number of hydrogen-bond donors (Lipinski definition) is 1. The Morgan fingerprint density at radius 2 is 1.87 bits per heavy atom. The topological polar surface area (TPSA) is 102 Å². The molecule has 2 aromatic rings. The van der Waals surface area contributed by atoms with E-state index in [1.807, 2.05) is 39.2 Å². The first kappa shape index (κ1) is 24.8. The Kier molecular flexibility index (Phi) is 7.84. The van der Waals surface area contributed by atoms with Crippen LogP contribution >= 0.6 is 0 Å². The molecule has 0 radical (unpaired) electrons. The largest absolute Gasteiger partial charge is 0.490 e. The van der Waals surface area contributed by atoms with E-state index in [0.717, 1.165) is 16.8 Å². The summed E-state index contributed by atoms with van der Waals surface area (Å²) in [5.74, 6) is -2.75. The third kappa shape index (κ3) is 6.05. The van der Waals surface area contributed by atoms with E-state index in [1.165, 1.54) is 4.31 Å². The Morgan fingerprint density at radius 1 is 1.29 bits per heavy atom. The molecule has 172 valence electrons. The highest BCUT2D eigenvalue weighted by atomic mass is 32.2. The molecule has 1 N–H and O–H groups in total. The third-order valence-corrected chi connectivity index (χ3v) is 6.53. The van der Waals surface area contributed by atoms with Gasteiger partial charge in [-0.15, -0.1) is 0 Å². The number of ether oxygens (including phenoxy) is 1. The van der Waals surface area contributed by atoms with Gasteiger partial charge in [0.1, 0.15) is 0 Å². The molecule has 1 aliphatic heterocycles. The molecule has 0 saturated carbocycles. The maximum atomic E-state index is 13.0. The van der Waals surface area contributed by atoms with E-state index in [-0.39, 0.29) is 5.92 Å². The lowest BCUT2D eigenvalue weighted by Gasteiger charge is -2.32. The fraction of sp³-hybridized carbons (Fsp3) is 0.474. The van der Waals surface area contributed by atoms with Crippen molar-refractivity contribution in [3.8, 4) is 0 Å². The molecule has 0 aliphatic carbocycles. The fourth-order valence-corrected chi connectivity index (χ4v) is 4.48. The zero-order valence-corrected chi connectivity index (χ0v) is 18.1. The second-order valence-corrected chi connectivity index (χ2v) is 8.88. The number of nitrogens with zero attached hydrogens (tertiary/aromatic N) is 3. The lowest BCUT2D eigenvalue weighted by atomic mass is 9.97. The minimum atomic E-state index is -5.08. The average molecular weight is 463 g/mol. The van der Waals surface area contributed by atoms with Crippen molar-refractivity contribution in [2.75, 3.05) is 19.8 Å². The number of sulfonamides is 1. The van der Waals surface area contributed by atoms with Crippen molar-refractivity contribution in [3.63, 3.8) is 0 Å². The molecule has 1 atom stereocenters. The van der Waals surface area contributed by atoms with Crippen LogP contribution in [0, 0.1) is 6.92 Å². The number of aliphatic carboxylic acids is 1. The molecule has 0 spiro atoms. The molecule has 1 unspecified atom stereocenters. The van der Waals surface area contributed by atoms with E-state index in [9.17, 15) is 21.6 Å². The number of rotatable bonds is 5. The van der Waals surface area contributed by atoms with Gasteiger partial charge in [0.2, 0.25) is 10.0 Å². The van der Waals surface area contributed by atoms with Crippen LogP contribution in [0.25, 0.3) is 0 Å². The van der Waals surface area contributed by atoms with Crippen LogP contribution in [0.5, 0.6) is 0 Å². The predicted molar refractivity (Wildman–Crippen MR) is 105 cm³/mol. The second-order valence-electron chi connectivity index (χ2n) is 6.94. The summed E-state index contributed by atoms with van der Waals surface area (Å²) in [5, 5.41) is 11.4. The lowest BCUT2D eigenvalue weighted by molar-refractivity contribution is -0.192. The minimum absolute atomic E-state index is 0.00243. The summed E-state index contributed by atoms with van der Waals surface area (Å²) in [5.41, 5.74) is 3.05. The summed E-state index contributed by atoms with van der Waals surface area (Å²) < 4.78 is 66.6. The maximum Gasteiger partial charge on any atom is 0.490 e. The van der Waals surface area contributed by atoms with Crippen LogP contribution in [-0.4, -0.2) is 59.5 Å². The smallest absolute Gasteiger partial charge is 0.475 e. The van der Waals surface area contributed by atoms with Gasteiger partial charge in [-0.1, -0.05) is 17.7 Å². The standard InChI is InChI=1S/C17H23N3O3S.C2HF3O2/c1-4-23-12-14-10-20(11-17-16(14)9-18-19(17)3)24(21,22)15-7-5-13(2)6-8-15;3-2(4,5)1(6)7/h5-9,14H,4,10-12H2,1-3H3;(H,6,7). The Hall–Kier alpha value is -2.44.